The molecule has 0 spiro atoms. The number of nitrogens with zero attached hydrogens (tertiary/aromatic N) is 1. The molecular weight excluding hydrogens is 260 g/mol. The minimum Gasteiger partial charge on any atom is -0.377 e. The van der Waals surface area contributed by atoms with Crippen molar-refractivity contribution in [2.45, 2.75) is 39.8 Å². The van der Waals surface area contributed by atoms with Gasteiger partial charge in [-0.25, -0.2) is 0 Å². The number of aromatic nitrogens is 1. The van der Waals surface area contributed by atoms with Gasteiger partial charge in [0.1, 0.15) is 0 Å². The molecule has 0 saturated heterocycles. The van der Waals surface area contributed by atoms with Gasteiger partial charge in [-0.3, -0.25) is 4.79 Å². The van der Waals surface area contributed by atoms with E-state index in [-0.39, 0.29) is 11.6 Å². The molecule has 2 aromatic rings. The molecule has 1 aromatic carbocycles. The predicted octanol–water partition coefficient (Wildman–Crippen LogP) is 4.07. The van der Waals surface area contributed by atoms with Crippen LogP contribution in [-0.4, -0.2) is 4.57 Å². The Kier molecular flexibility index (Phi) is 5.20. The first-order valence-corrected chi connectivity index (χ1v) is 7.62. The Morgan fingerprint density at radius 1 is 1.10 bits per heavy atom. The van der Waals surface area contributed by atoms with Crippen LogP contribution < -0.4 is 10.9 Å². The monoisotopic (exact) mass is 284 g/mol. The highest BCUT2D eigenvalue weighted by atomic mass is 16.1. The Labute approximate surface area is 126 Å². The van der Waals surface area contributed by atoms with Gasteiger partial charge in [-0.15, -0.1) is 0 Å². The second-order valence-corrected chi connectivity index (χ2v) is 5.78. The van der Waals surface area contributed by atoms with Crippen molar-refractivity contribution in [3.63, 3.8) is 0 Å². The Hall–Kier alpha value is -2.03. The van der Waals surface area contributed by atoms with E-state index in [0.717, 1.165) is 12.1 Å². The van der Waals surface area contributed by atoms with Crippen LogP contribution in [0.3, 0.4) is 0 Å². The number of benzene rings is 1. The fourth-order valence-electron chi connectivity index (χ4n) is 2.50. The van der Waals surface area contributed by atoms with Crippen LogP contribution in [0.4, 0.5) is 5.69 Å². The Morgan fingerprint density at radius 2 is 1.81 bits per heavy atom. The van der Waals surface area contributed by atoms with Gasteiger partial charge in [0.05, 0.1) is 11.7 Å². The lowest BCUT2D eigenvalue weighted by Gasteiger charge is -2.22. The zero-order valence-corrected chi connectivity index (χ0v) is 13.0. The standard InChI is InChI=1S/C18H24N2O/c1-4-20-13-16(10-11-18(20)21)19-17(12-14(2)3)15-8-6-5-7-9-15/h5-11,13-14,17,19H,4,12H2,1-3H3. The summed E-state index contributed by atoms with van der Waals surface area (Å²) >= 11 is 0. The summed E-state index contributed by atoms with van der Waals surface area (Å²) in [5, 5.41) is 3.57. The molecule has 0 amide bonds. The first-order valence-electron chi connectivity index (χ1n) is 7.62. The number of aryl methyl sites for hydroxylation is 1. The van der Waals surface area contributed by atoms with Crippen molar-refractivity contribution in [1.29, 1.82) is 0 Å². The van der Waals surface area contributed by atoms with Crippen molar-refractivity contribution in [2.24, 2.45) is 5.92 Å². The molecule has 1 aromatic heterocycles. The van der Waals surface area contributed by atoms with Crippen LogP contribution in [0.2, 0.25) is 0 Å². The number of rotatable bonds is 6. The quantitative estimate of drug-likeness (QED) is 0.867. The summed E-state index contributed by atoms with van der Waals surface area (Å²) in [5.74, 6) is 0.597. The maximum absolute atomic E-state index is 11.7. The molecule has 3 nitrogen and oxygen atoms in total. The summed E-state index contributed by atoms with van der Waals surface area (Å²) in [6.45, 7) is 7.12. The van der Waals surface area contributed by atoms with E-state index in [9.17, 15) is 4.79 Å². The Balaban J connectivity index is 2.25. The van der Waals surface area contributed by atoms with Crippen LogP contribution in [0, 0.1) is 5.92 Å². The topological polar surface area (TPSA) is 34.0 Å². The minimum absolute atomic E-state index is 0.0446. The zero-order chi connectivity index (χ0) is 15.2. The molecule has 1 heterocycles. The fourth-order valence-corrected chi connectivity index (χ4v) is 2.50. The molecule has 0 fully saturated rings. The highest BCUT2D eigenvalue weighted by Gasteiger charge is 2.13. The summed E-state index contributed by atoms with van der Waals surface area (Å²) in [4.78, 5) is 11.7. The molecule has 0 aliphatic rings. The SMILES string of the molecule is CCn1cc(NC(CC(C)C)c2ccccc2)ccc1=O. The molecule has 0 saturated carbocycles. The van der Waals surface area contributed by atoms with E-state index < -0.39 is 0 Å². The zero-order valence-electron chi connectivity index (χ0n) is 13.0. The van der Waals surface area contributed by atoms with E-state index in [0.29, 0.717) is 12.5 Å². The van der Waals surface area contributed by atoms with Gasteiger partial charge in [0.2, 0.25) is 0 Å². The van der Waals surface area contributed by atoms with Gasteiger partial charge in [-0.1, -0.05) is 44.2 Å². The smallest absolute Gasteiger partial charge is 0.250 e. The van der Waals surface area contributed by atoms with Crippen molar-refractivity contribution < 1.29 is 0 Å². The third-order valence-electron chi connectivity index (χ3n) is 3.57. The van der Waals surface area contributed by atoms with E-state index in [4.69, 9.17) is 0 Å². The van der Waals surface area contributed by atoms with E-state index >= 15 is 0 Å². The molecule has 0 radical (unpaired) electrons. The lowest BCUT2D eigenvalue weighted by atomic mass is 9.97. The Bertz CT molecular complexity index is 617. The molecule has 3 heteroatoms. The molecular formula is C18H24N2O. The van der Waals surface area contributed by atoms with Crippen LogP contribution in [-0.2, 0) is 6.54 Å². The first kappa shape index (κ1) is 15.4. The van der Waals surface area contributed by atoms with Crippen LogP contribution >= 0.6 is 0 Å². The van der Waals surface area contributed by atoms with Gasteiger partial charge in [0.25, 0.3) is 5.56 Å². The third kappa shape index (κ3) is 4.22. The van der Waals surface area contributed by atoms with E-state index in [1.54, 1.807) is 10.6 Å². The molecule has 0 aliphatic heterocycles. The van der Waals surface area contributed by atoms with Crippen molar-refractivity contribution >= 4 is 5.69 Å². The third-order valence-corrected chi connectivity index (χ3v) is 3.57. The molecule has 1 unspecified atom stereocenters. The van der Waals surface area contributed by atoms with Crippen LogP contribution in [0.15, 0.2) is 53.5 Å². The number of hydrogen-bond donors (Lipinski definition) is 1. The largest absolute Gasteiger partial charge is 0.377 e. The van der Waals surface area contributed by atoms with Gasteiger partial charge in [0.15, 0.2) is 0 Å². The van der Waals surface area contributed by atoms with Crippen LogP contribution in [0.5, 0.6) is 0 Å². The lowest BCUT2D eigenvalue weighted by Crippen LogP contribution is -2.19. The summed E-state index contributed by atoms with van der Waals surface area (Å²) < 4.78 is 1.72. The molecule has 0 bridgehead atoms. The van der Waals surface area contributed by atoms with Crippen molar-refractivity contribution in [3.8, 4) is 0 Å². The average Bonchev–Trinajstić information content (AvgIpc) is 2.49. The summed E-state index contributed by atoms with van der Waals surface area (Å²) in [7, 11) is 0. The summed E-state index contributed by atoms with van der Waals surface area (Å²) in [6, 6.07) is 14.2. The maximum atomic E-state index is 11.7. The number of pyridine rings is 1. The highest BCUT2D eigenvalue weighted by Crippen LogP contribution is 2.25. The van der Waals surface area contributed by atoms with Crippen molar-refractivity contribution in [3.05, 3.63) is 64.6 Å². The van der Waals surface area contributed by atoms with Gasteiger partial charge in [0, 0.05) is 18.8 Å². The van der Waals surface area contributed by atoms with E-state index in [1.807, 2.05) is 25.3 Å². The lowest BCUT2D eigenvalue weighted by molar-refractivity contribution is 0.530. The minimum atomic E-state index is 0.0446. The maximum Gasteiger partial charge on any atom is 0.250 e. The number of hydrogen-bond acceptors (Lipinski definition) is 2. The second-order valence-electron chi connectivity index (χ2n) is 5.78. The van der Waals surface area contributed by atoms with Gasteiger partial charge in [-0.05, 0) is 30.9 Å². The second kappa shape index (κ2) is 7.11. The molecule has 1 N–H and O–H groups in total. The van der Waals surface area contributed by atoms with E-state index in [1.165, 1.54) is 5.56 Å². The van der Waals surface area contributed by atoms with Crippen molar-refractivity contribution in [2.75, 3.05) is 5.32 Å². The van der Waals surface area contributed by atoms with Gasteiger partial charge < -0.3 is 9.88 Å². The molecule has 2 rings (SSSR count). The molecule has 21 heavy (non-hydrogen) atoms. The first-order chi connectivity index (χ1) is 10.1. The summed E-state index contributed by atoms with van der Waals surface area (Å²) in [5.41, 5.74) is 2.31. The normalized spacial score (nSPS) is 12.4. The molecule has 112 valence electrons. The van der Waals surface area contributed by atoms with Crippen LogP contribution in [0.1, 0.15) is 38.8 Å². The average molecular weight is 284 g/mol. The number of anilines is 1. The fraction of sp³-hybridized carbons (Fsp3) is 0.389. The highest BCUT2D eigenvalue weighted by molar-refractivity contribution is 5.43. The van der Waals surface area contributed by atoms with E-state index in [2.05, 4.69) is 43.4 Å². The van der Waals surface area contributed by atoms with Crippen LogP contribution in [0.25, 0.3) is 0 Å². The van der Waals surface area contributed by atoms with Crippen molar-refractivity contribution in [1.82, 2.24) is 4.57 Å². The molecule has 0 aliphatic carbocycles. The Morgan fingerprint density at radius 3 is 2.43 bits per heavy atom. The molecule has 1 atom stereocenters. The number of nitrogens with one attached hydrogen (secondary N) is 1. The summed E-state index contributed by atoms with van der Waals surface area (Å²) in [6.07, 6.45) is 2.95. The van der Waals surface area contributed by atoms with Gasteiger partial charge >= 0.3 is 0 Å². The predicted molar refractivity (Wildman–Crippen MR) is 88.6 cm³/mol. The van der Waals surface area contributed by atoms with Gasteiger partial charge in [-0.2, -0.15) is 0 Å².